The van der Waals surface area contributed by atoms with Gasteiger partial charge in [-0.15, -0.1) is 0 Å². The van der Waals surface area contributed by atoms with Crippen LogP contribution in [0.4, 0.5) is 0 Å². The summed E-state index contributed by atoms with van der Waals surface area (Å²) < 4.78 is 0. The first-order chi connectivity index (χ1) is 15.7. The van der Waals surface area contributed by atoms with Crippen molar-refractivity contribution in [3.8, 4) is 0 Å². The van der Waals surface area contributed by atoms with E-state index >= 15 is 0 Å². The largest absolute Gasteiger partial charge is 0.375 e. The van der Waals surface area contributed by atoms with Crippen molar-refractivity contribution in [2.75, 3.05) is 13.1 Å². The van der Waals surface area contributed by atoms with Gasteiger partial charge in [-0.05, 0) is 12.5 Å². The number of aliphatic hydroxyl groups excluding tert-OH is 1. The molecule has 1 aliphatic rings. The Bertz CT molecular complexity index is 455. The van der Waals surface area contributed by atoms with Gasteiger partial charge in [-0.3, -0.25) is 15.0 Å². The summed E-state index contributed by atoms with van der Waals surface area (Å²) in [5.41, 5.74) is 0. The molecule has 2 atom stereocenters. The zero-order valence-corrected chi connectivity index (χ0v) is 21.3. The molecule has 188 valence electrons. The van der Waals surface area contributed by atoms with Gasteiger partial charge in [-0.25, -0.2) is 0 Å². The van der Waals surface area contributed by atoms with E-state index in [4.69, 9.17) is 0 Å². The summed E-state index contributed by atoms with van der Waals surface area (Å²) >= 11 is 0. The van der Waals surface area contributed by atoms with Crippen LogP contribution in [0.2, 0.25) is 0 Å². The van der Waals surface area contributed by atoms with Crippen molar-refractivity contribution < 1.29 is 9.90 Å². The van der Waals surface area contributed by atoms with E-state index in [0.717, 1.165) is 19.4 Å². The summed E-state index contributed by atoms with van der Waals surface area (Å²) in [6.45, 7) is 7.36. The number of Topliss-reactive ketones (excluding diaryl/α,β-unsaturated/α-hetero) is 1. The Morgan fingerprint density at radius 1 is 0.844 bits per heavy atom. The van der Waals surface area contributed by atoms with Gasteiger partial charge >= 0.3 is 0 Å². The fourth-order valence-electron chi connectivity index (χ4n) is 4.81. The molecule has 0 aliphatic carbocycles. The predicted molar refractivity (Wildman–Crippen MR) is 138 cm³/mol. The van der Waals surface area contributed by atoms with Gasteiger partial charge in [0.25, 0.3) is 0 Å². The maximum atomic E-state index is 12.4. The minimum Gasteiger partial charge on any atom is -0.375 e. The number of nitrogens with zero attached hydrogens (tertiary/aromatic N) is 1. The topological polar surface area (TPSA) is 52.6 Å². The van der Waals surface area contributed by atoms with E-state index in [0.29, 0.717) is 13.0 Å². The Morgan fingerprint density at radius 3 is 1.66 bits per heavy atom. The molecule has 0 aromatic rings. The molecule has 1 aliphatic heterocycles. The van der Waals surface area contributed by atoms with Crippen molar-refractivity contribution in [3.63, 3.8) is 0 Å². The Labute approximate surface area is 199 Å². The highest BCUT2D eigenvalue weighted by Gasteiger charge is 2.32. The van der Waals surface area contributed by atoms with E-state index in [-0.39, 0.29) is 11.9 Å². The molecule has 4 nitrogen and oxygen atoms in total. The van der Waals surface area contributed by atoms with Gasteiger partial charge in [-0.1, -0.05) is 129 Å². The van der Waals surface area contributed by atoms with E-state index in [1.54, 1.807) is 4.90 Å². The zero-order chi connectivity index (χ0) is 23.3. The van der Waals surface area contributed by atoms with Crippen LogP contribution in [-0.2, 0) is 4.79 Å². The van der Waals surface area contributed by atoms with Gasteiger partial charge in [0.15, 0.2) is 5.78 Å². The molecule has 0 radical (unpaired) electrons. The fraction of sp³-hybridized carbons (Fsp3) is 0.893. The monoisotopic (exact) mass is 450 g/mol. The highest BCUT2D eigenvalue weighted by molar-refractivity contribution is 5.83. The molecule has 0 spiro atoms. The molecule has 0 saturated carbocycles. The molecule has 1 heterocycles. The van der Waals surface area contributed by atoms with Crippen LogP contribution in [0.1, 0.15) is 135 Å². The van der Waals surface area contributed by atoms with Crippen molar-refractivity contribution in [1.29, 1.82) is 0 Å². The van der Waals surface area contributed by atoms with Crippen LogP contribution in [0.15, 0.2) is 12.7 Å². The van der Waals surface area contributed by atoms with E-state index in [1.165, 1.54) is 115 Å². The molecule has 0 amide bonds. The van der Waals surface area contributed by atoms with Gasteiger partial charge in [-0.2, -0.15) is 0 Å². The summed E-state index contributed by atoms with van der Waals surface area (Å²) in [6, 6.07) is 0. The quantitative estimate of drug-likeness (QED) is 0.129. The third-order valence-electron chi connectivity index (χ3n) is 6.92. The van der Waals surface area contributed by atoms with Crippen molar-refractivity contribution in [3.05, 3.63) is 12.7 Å². The molecule has 32 heavy (non-hydrogen) atoms. The average Bonchev–Trinajstić information content (AvgIpc) is 3.30. The molecule has 2 N–H and O–H groups in total. The molecule has 4 heteroatoms. The number of unbranched alkanes of at least 4 members (excludes halogenated alkanes) is 18. The van der Waals surface area contributed by atoms with Crippen molar-refractivity contribution in [1.82, 2.24) is 10.2 Å². The lowest BCUT2D eigenvalue weighted by Gasteiger charge is -2.25. The molecular weight excluding hydrogens is 396 g/mol. The summed E-state index contributed by atoms with van der Waals surface area (Å²) in [4.78, 5) is 14.2. The van der Waals surface area contributed by atoms with Crippen LogP contribution in [-0.4, -0.2) is 41.3 Å². The Morgan fingerprint density at radius 2 is 1.25 bits per heavy atom. The van der Waals surface area contributed by atoms with Crippen LogP contribution in [0, 0.1) is 0 Å². The second kappa shape index (κ2) is 20.9. The van der Waals surface area contributed by atoms with Crippen LogP contribution >= 0.6 is 0 Å². The van der Waals surface area contributed by atoms with Crippen LogP contribution < -0.4 is 5.32 Å². The number of rotatable bonds is 23. The molecule has 1 rings (SSSR count). The predicted octanol–water partition coefficient (Wildman–Crippen LogP) is 7.11. The number of hydrogen-bond donors (Lipinski definition) is 2. The third-order valence-corrected chi connectivity index (χ3v) is 6.92. The van der Waals surface area contributed by atoms with Crippen LogP contribution in [0.25, 0.3) is 0 Å². The SMILES string of the molecule is C=CC(O)N1CCNC1C(=O)CCCCCCCCCCCCCCCCCCCCC. The van der Waals surface area contributed by atoms with Gasteiger partial charge in [0.1, 0.15) is 12.4 Å². The zero-order valence-electron chi connectivity index (χ0n) is 21.3. The van der Waals surface area contributed by atoms with Crippen LogP contribution in [0.5, 0.6) is 0 Å². The summed E-state index contributed by atoms with van der Waals surface area (Å²) in [6.07, 6.45) is 26.9. The molecular formula is C28H54N2O2. The number of hydrogen-bond acceptors (Lipinski definition) is 4. The first-order valence-corrected chi connectivity index (χ1v) is 14.0. The van der Waals surface area contributed by atoms with Gasteiger partial charge in [0.05, 0.1) is 0 Å². The first-order valence-electron chi connectivity index (χ1n) is 14.0. The highest BCUT2D eigenvalue weighted by Crippen LogP contribution is 2.16. The lowest BCUT2D eigenvalue weighted by molar-refractivity contribution is -0.127. The van der Waals surface area contributed by atoms with Crippen molar-refractivity contribution >= 4 is 5.78 Å². The van der Waals surface area contributed by atoms with Gasteiger partial charge in [0, 0.05) is 19.5 Å². The first kappa shape index (κ1) is 29.3. The molecule has 0 bridgehead atoms. The normalized spacial score (nSPS) is 17.6. The Kier molecular flexibility index (Phi) is 19.1. The van der Waals surface area contributed by atoms with E-state index in [1.807, 2.05) is 0 Å². The standard InChI is InChI=1S/C28H54N2O2/c1-3-5-6-7-8-9-10-11-12-13-14-15-16-17-18-19-20-21-22-23-26(31)28-29-24-25-30(28)27(32)4-2/h4,27-29,32H,2-3,5-25H2,1H3. The second-order valence-electron chi connectivity index (χ2n) is 9.82. The second-order valence-corrected chi connectivity index (χ2v) is 9.82. The average molecular weight is 451 g/mol. The minimum absolute atomic E-state index is 0.204. The molecule has 1 saturated heterocycles. The molecule has 1 fully saturated rings. The number of aliphatic hydroxyl groups is 1. The van der Waals surface area contributed by atoms with E-state index in [2.05, 4.69) is 18.8 Å². The maximum absolute atomic E-state index is 12.4. The number of carbonyl (C=O) groups excluding carboxylic acids is 1. The number of nitrogens with one attached hydrogen (secondary N) is 1. The van der Waals surface area contributed by atoms with Crippen molar-refractivity contribution in [2.24, 2.45) is 0 Å². The van der Waals surface area contributed by atoms with Gasteiger partial charge < -0.3 is 5.11 Å². The highest BCUT2D eigenvalue weighted by atomic mass is 16.3. The summed E-state index contributed by atoms with van der Waals surface area (Å²) in [5.74, 6) is 0.204. The lowest BCUT2D eigenvalue weighted by Crippen LogP contribution is -2.47. The Balaban J connectivity index is 1.80. The van der Waals surface area contributed by atoms with E-state index < -0.39 is 6.23 Å². The molecule has 0 aromatic carbocycles. The maximum Gasteiger partial charge on any atom is 0.164 e. The smallest absolute Gasteiger partial charge is 0.164 e. The van der Waals surface area contributed by atoms with E-state index in [9.17, 15) is 9.90 Å². The molecule has 0 aromatic heterocycles. The molecule has 2 unspecified atom stereocenters. The van der Waals surface area contributed by atoms with Crippen LogP contribution in [0.3, 0.4) is 0 Å². The third kappa shape index (κ3) is 14.4. The number of carbonyl (C=O) groups is 1. The summed E-state index contributed by atoms with van der Waals surface area (Å²) in [7, 11) is 0. The van der Waals surface area contributed by atoms with Gasteiger partial charge in [0.2, 0.25) is 0 Å². The summed E-state index contributed by atoms with van der Waals surface area (Å²) in [5, 5.41) is 13.1. The lowest BCUT2D eigenvalue weighted by atomic mass is 10.0. The number of ketones is 1. The Hall–Kier alpha value is -0.710. The van der Waals surface area contributed by atoms with Crippen molar-refractivity contribution in [2.45, 2.75) is 148 Å². The minimum atomic E-state index is -0.732. The fourth-order valence-corrected chi connectivity index (χ4v) is 4.81.